The van der Waals surface area contributed by atoms with E-state index in [4.69, 9.17) is 4.74 Å². The summed E-state index contributed by atoms with van der Waals surface area (Å²) in [7, 11) is 0. The van der Waals surface area contributed by atoms with E-state index in [9.17, 15) is 9.59 Å². The maximum absolute atomic E-state index is 13.0. The summed E-state index contributed by atoms with van der Waals surface area (Å²) < 4.78 is 5.75. The Labute approximate surface area is 169 Å². The predicted molar refractivity (Wildman–Crippen MR) is 110 cm³/mol. The van der Waals surface area contributed by atoms with Crippen LogP contribution in [0.15, 0.2) is 11.1 Å². The summed E-state index contributed by atoms with van der Waals surface area (Å²) in [5.41, 5.74) is 0.348. The van der Waals surface area contributed by atoms with E-state index in [0.717, 1.165) is 32.6 Å². The molecule has 6 heteroatoms. The van der Waals surface area contributed by atoms with Crippen LogP contribution in [0.4, 0.5) is 0 Å². The molecular formula is C22H37N3O3. The lowest BCUT2D eigenvalue weighted by Crippen LogP contribution is -2.49. The molecule has 1 amide bonds. The first-order valence-corrected chi connectivity index (χ1v) is 11.1. The van der Waals surface area contributed by atoms with Crippen LogP contribution in [0.3, 0.4) is 0 Å². The molecule has 28 heavy (non-hydrogen) atoms. The third kappa shape index (κ3) is 4.28. The summed E-state index contributed by atoms with van der Waals surface area (Å²) in [5, 5.41) is 3.07. The van der Waals surface area contributed by atoms with Gasteiger partial charge in [-0.2, -0.15) is 0 Å². The van der Waals surface area contributed by atoms with E-state index >= 15 is 0 Å². The minimum atomic E-state index is -0.715. The first-order valence-electron chi connectivity index (χ1n) is 11.1. The van der Waals surface area contributed by atoms with Gasteiger partial charge < -0.3 is 15.0 Å². The van der Waals surface area contributed by atoms with E-state index in [1.165, 1.54) is 19.3 Å². The molecule has 1 spiro atoms. The fraction of sp³-hybridized carbons (Fsp3) is 0.818. The average Bonchev–Trinajstić information content (AvgIpc) is 2.91. The summed E-state index contributed by atoms with van der Waals surface area (Å²) in [6, 6.07) is 1.24. The Morgan fingerprint density at radius 3 is 2.46 bits per heavy atom. The zero-order valence-electron chi connectivity index (χ0n) is 18.1. The van der Waals surface area contributed by atoms with Gasteiger partial charge in [-0.05, 0) is 46.6 Å². The monoisotopic (exact) mass is 391 g/mol. The minimum absolute atomic E-state index is 0.118. The van der Waals surface area contributed by atoms with Crippen LogP contribution in [0.2, 0.25) is 0 Å². The Bertz CT molecular complexity index is 613. The molecule has 0 bridgehead atoms. The van der Waals surface area contributed by atoms with Crippen molar-refractivity contribution >= 4 is 11.9 Å². The second kappa shape index (κ2) is 8.95. The van der Waals surface area contributed by atoms with E-state index in [2.05, 4.69) is 35.9 Å². The Hall–Kier alpha value is -1.40. The van der Waals surface area contributed by atoms with Crippen molar-refractivity contribution in [2.45, 2.75) is 83.9 Å². The first-order chi connectivity index (χ1) is 13.4. The number of hydrogen-bond donors (Lipinski definition) is 1. The fourth-order valence-electron chi connectivity index (χ4n) is 5.18. The Balaban J connectivity index is 1.55. The topological polar surface area (TPSA) is 61.9 Å². The molecule has 0 radical (unpaired) electrons. The molecule has 3 heterocycles. The highest BCUT2D eigenvalue weighted by Gasteiger charge is 2.50. The van der Waals surface area contributed by atoms with Crippen LogP contribution in [-0.2, 0) is 14.3 Å². The summed E-state index contributed by atoms with van der Waals surface area (Å²) in [6.45, 7) is 12.8. The quantitative estimate of drug-likeness (QED) is 0.557. The maximum Gasteiger partial charge on any atom is 0.335 e. The van der Waals surface area contributed by atoms with Crippen LogP contribution in [0.1, 0.15) is 66.2 Å². The summed E-state index contributed by atoms with van der Waals surface area (Å²) >= 11 is 0. The van der Waals surface area contributed by atoms with Gasteiger partial charge in [0, 0.05) is 56.7 Å². The molecule has 2 saturated heterocycles. The van der Waals surface area contributed by atoms with Gasteiger partial charge in [0.25, 0.3) is 5.91 Å². The number of amides is 1. The van der Waals surface area contributed by atoms with Gasteiger partial charge in [0.1, 0.15) is 5.60 Å². The largest absolute Gasteiger partial charge is 0.450 e. The zero-order chi connectivity index (χ0) is 20.3. The molecular weight excluding hydrogens is 354 g/mol. The van der Waals surface area contributed by atoms with Gasteiger partial charge in [0.2, 0.25) is 0 Å². The molecule has 6 nitrogen and oxygen atoms in total. The normalized spacial score (nSPS) is 28.6. The number of likely N-dealkylation sites (tertiary alicyclic amines) is 2. The molecule has 0 aromatic carbocycles. The Morgan fingerprint density at radius 1 is 1.21 bits per heavy atom. The van der Waals surface area contributed by atoms with Crippen molar-refractivity contribution in [2.75, 3.05) is 32.7 Å². The molecule has 1 N–H and O–H groups in total. The molecule has 0 saturated carbocycles. The van der Waals surface area contributed by atoms with E-state index in [0.29, 0.717) is 42.6 Å². The van der Waals surface area contributed by atoms with E-state index in [1.54, 1.807) is 6.92 Å². The summed E-state index contributed by atoms with van der Waals surface area (Å²) in [5.74, 6) is -0.445. The number of nitrogens with zero attached hydrogens (tertiary/aromatic N) is 2. The average molecular weight is 392 g/mol. The molecule has 0 aliphatic carbocycles. The van der Waals surface area contributed by atoms with Crippen molar-refractivity contribution in [3.05, 3.63) is 11.1 Å². The molecule has 2 atom stereocenters. The van der Waals surface area contributed by atoms with E-state index < -0.39 is 5.60 Å². The van der Waals surface area contributed by atoms with Crippen LogP contribution >= 0.6 is 0 Å². The van der Waals surface area contributed by atoms with Gasteiger partial charge in [-0.25, -0.2) is 4.79 Å². The van der Waals surface area contributed by atoms with Crippen molar-refractivity contribution in [1.29, 1.82) is 0 Å². The number of piperidine rings is 2. The maximum atomic E-state index is 13.0. The number of carbonyl (C=O) groups is 2. The van der Waals surface area contributed by atoms with Crippen LogP contribution in [-0.4, -0.2) is 72.1 Å². The van der Waals surface area contributed by atoms with Crippen molar-refractivity contribution in [2.24, 2.45) is 0 Å². The molecule has 2 fully saturated rings. The van der Waals surface area contributed by atoms with Crippen LogP contribution in [0.25, 0.3) is 0 Å². The lowest BCUT2D eigenvalue weighted by molar-refractivity contribution is -0.150. The van der Waals surface area contributed by atoms with Crippen molar-refractivity contribution in [1.82, 2.24) is 15.1 Å². The van der Waals surface area contributed by atoms with Crippen molar-refractivity contribution in [3.8, 4) is 0 Å². The van der Waals surface area contributed by atoms with Gasteiger partial charge in [-0.3, -0.25) is 9.69 Å². The number of hydrogen-bond acceptors (Lipinski definition) is 5. The second-order valence-corrected chi connectivity index (χ2v) is 8.79. The Kier molecular flexibility index (Phi) is 6.81. The highest BCUT2D eigenvalue weighted by atomic mass is 16.6. The van der Waals surface area contributed by atoms with Crippen LogP contribution in [0.5, 0.6) is 0 Å². The fourth-order valence-corrected chi connectivity index (χ4v) is 5.18. The van der Waals surface area contributed by atoms with Gasteiger partial charge in [-0.15, -0.1) is 0 Å². The van der Waals surface area contributed by atoms with Crippen LogP contribution < -0.4 is 5.32 Å². The molecule has 0 aromatic rings. The number of rotatable bonds is 6. The summed E-state index contributed by atoms with van der Waals surface area (Å²) in [4.78, 5) is 30.1. The third-order valence-corrected chi connectivity index (χ3v) is 7.02. The SMILES string of the molecule is CCN1CCC2(CC1)OC(=O)C(C)=C2C(=O)NCCCN1[C@H](C)CCC[C@@H]1C. The lowest BCUT2D eigenvalue weighted by atomic mass is 9.82. The van der Waals surface area contributed by atoms with Crippen molar-refractivity contribution < 1.29 is 14.3 Å². The highest BCUT2D eigenvalue weighted by molar-refractivity contribution is 6.07. The van der Waals surface area contributed by atoms with Crippen LogP contribution in [0, 0.1) is 0 Å². The molecule has 3 aliphatic heterocycles. The predicted octanol–water partition coefficient (Wildman–Crippen LogP) is 2.48. The zero-order valence-corrected chi connectivity index (χ0v) is 18.1. The molecule has 3 rings (SSSR count). The smallest absolute Gasteiger partial charge is 0.335 e. The molecule has 0 unspecified atom stereocenters. The number of esters is 1. The number of ether oxygens (including phenoxy) is 1. The van der Waals surface area contributed by atoms with Gasteiger partial charge in [-0.1, -0.05) is 13.3 Å². The number of nitrogens with one attached hydrogen (secondary N) is 1. The van der Waals surface area contributed by atoms with E-state index in [1.807, 2.05) is 0 Å². The number of carbonyl (C=O) groups excluding carboxylic acids is 2. The standard InChI is InChI=1S/C22H37N3O3/c1-5-24-14-10-22(11-15-24)19(18(4)21(27)28-22)20(26)23-12-7-13-25-16(2)8-6-9-17(25)3/h16-17H,5-15H2,1-4H3,(H,23,26)/t16-,17+. The Morgan fingerprint density at radius 2 is 1.86 bits per heavy atom. The third-order valence-electron chi connectivity index (χ3n) is 7.02. The molecule has 0 aromatic heterocycles. The van der Waals surface area contributed by atoms with Gasteiger partial charge >= 0.3 is 5.97 Å². The highest BCUT2D eigenvalue weighted by Crippen LogP contribution is 2.41. The van der Waals surface area contributed by atoms with Crippen molar-refractivity contribution in [3.63, 3.8) is 0 Å². The second-order valence-electron chi connectivity index (χ2n) is 8.79. The molecule has 158 valence electrons. The minimum Gasteiger partial charge on any atom is -0.450 e. The first kappa shape index (κ1) is 21.3. The summed E-state index contributed by atoms with van der Waals surface area (Å²) in [6.07, 6.45) is 6.18. The molecule has 3 aliphatic rings. The van der Waals surface area contributed by atoms with Gasteiger partial charge in [0.15, 0.2) is 0 Å². The van der Waals surface area contributed by atoms with E-state index in [-0.39, 0.29) is 11.9 Å². The van der Waals surface area contributed by atoms with Gasteiger partial charge in [0.05, 0.1) is 5.57 Å². The lowest BCUT2D eigenvalue weighted by Gasteiger charge is -2.39.